The van der Waals surface area contributed by atoms with Gasteiger partial charge in [0.25, 0.3) is 0 Å². The van der Waals surface area contributed by atoms with Crippen LogP contribution in [0.3, 0.4) is 0 Å². The van der Waals surface area contributed by atoms with Crippen LogP contribution in [0.1, 0.15) is 19.3 Å². The molecule has 6 rings (SSSR count). The predicted molar refractivity (Wildman–Crippen MR) is 123 cm³/mol. The number of morpholine rings is 1. The largest absolute Gasteiger partial charge is 0.507 e. The summed E-state index contributed by atoms with van der Waals surface area (Å²) in [6.07, 6.45) is 6.68. The van der Waals surface area contributed by atoms with Crippen LogP contribution < -0.4 is 15.0 Å². The highest BCUT2D eigenvalue weighted by Gasteiger charge is 2.36. The van der Waals surface area contributed by atoms with Crippen molar-refractivity contribution in [3.8, 4) is 33.9 Å². The van der Waals surface area contributed by atoms with Gasteiger partial charge in [0, 0.05) is 55.1 Å². The Balaban J connectivity index is 1.30. The summed E-state index contributed by atoms with van der Waals surface area (Å²) in [6, 6.07) is 8.64. The van der Waals surface area contributed by atoms with Crippen molar-refractivity contribution in [3.05, 3.63) is 36.7 Å². The fourth-order valence-electron chi connectivity index (χ4n) is 5.24. The first-order chi connectivity index (χ1) is 16.1. The van der Waals surface area contributed by atoms with E-state index in [-0.39, 0.29) is 5.75 Å². The summed E-state index contributed by atoms with van der Waals surface area (Å²) in [5.74, 6) is 1.68. The molecular weight excluding hydrogens is 420 g/mol. The number of fused-ring (bicyclic) bond motifs is 3. The van der Waals surface area contributed by atoms with Crippen LogP contribution in [-0.2, 0) is 11.8 Å². The van der Waals surface area contributed by atoms with Crippen LogP contribution in [-0.4, -0.2) is 69.6 Å². The summed E-state index contributed by atoms with van der Waals surface area (Å²) in [6.45, 7) is 3.07. The van der Waals surface area contributed by atoms with Gasteiger partial charge in [0.05, 0.1) is 26.0 Å². The molecule has 3 aliphatic rings. The standard InChI is InChI=1S/C24H28N6O3/c1-29-12-16(11-25-29)15-3-4-20(22(31)7-15)21-10-23-24(28-27-21)30(5-2-6-33-23)19-8-17-13-32-14-18(9-19)26-17/h3-4,7,10-12,17-19,26,31H,2,5-6,8-9,13-14H2,1H3. The minimum Gasteiger partial charge on any atom is -0.507 e. The molecule has 172 valence electrons. The Morgan fingerprint density at radius 1 is 1.09 bits per heavy atom. The number of aryl methyl sites for hydroxylation is 1. The lowest BCUT2D eigenvalue weighted by Gasteiger charge is -2.44. The highest BCUT2D eigenvalue weighted by molar-refractivity contribution is 5.75. The number of hydrogen-bond donors (Lipinski definition) is 2. The predicted octanol–water partition coefficient (Wildman–Crippen LogP) is 2.36. The lowest BCUT2D eigenvalue weighted by atomic mass is 9.91. The van der Waals surface area contributed by atoms with Crippen LogP contribution in [0.2, 0.25) is 0 Å². The van der Waals surface area contributed by atoms with Gasteiger partial charge in [-0.3, -0.25) is 4.68 Å². The SMILES string of the molecule is Cn1cc(-c2ccc(-c3cc4c(nn3)N(C3CC5COCC(C3)N5)CCCO4)c(O)c2)cn1. The number of benzene rings is 1. The maximum atomic E-state index is 10.8. The molecule has 1 aromatic carbocycles. The Hall–Kier alpha value is -3.17. The molecule has 2 aromatic heterocycles. The number of ether oxygens (including phenoxy) is 2. The lowest BCUT2D eigenvalue weighted by Crippen LogP contribution is -2.59. The van der Waals surface area contributed by atoms with Gasteiger partial charge in [-0.2, -0.15) is 5.10 Å². The monoisotopic (exact) mass is 448 g/mol. The van der Waals surface area contributed by atoms with E-state index in [1.165, 1.54) is 0 Å². The highest BCUT2D eigenvalue weighted by atomic mass is 16.5. The molecule has 3 aromatic rings. The minimum atomic E-state index is 0.155. The van der Waals surface area contributed by atoms with Crippen molar-refractivity contribution in [2.45, 2.75) is 37.4 Å². The second-order valence-corrected chi connectivity index (χ2v) is 9.17. The first-order valence-electron chi connectivity index (χ1n) is 11.6. The number of piperidine rings is 1. The van der Waals surface area contributed by atoms with E-state index in [1.807, 2.05) is 31.4 Å². The van der Waals surface area contributed by atoms with Crippen molar-refractivity contribution >= 4 is 5.82 Å². The van der Waals surface area contributed by atoms with Crippen molar-refractivity contribution in [1.82, 2.24) is 25.3 Å². The molecule has 0 amide bonds. The molecule has 2 fully saturated rings. The third-order valence-electron chi connectivity index (χ3n) is 6.79. The van der Waals surface area contributed by atoms with E-state index in [0.29, 0.717) is 36.0 Å². The van der Waals surface area contributed by atoms with E-state index >= 15 is 0 Å². The molecule has 2 atom stereocenters. The summed E-state index contributed by atoms with van der Waals surface area (Å²) in [7, 11) is 1.87. The first kappa shape index (κ1) is 20.4. The van der Waals surface area contributed by atoms with Gasteiger partial charge in [0.1, 0.15) is 11.4 Å². The third kappa shape index (κ3) is 3.91. The zero-order valence-corrected chi connectivity index (χ0v) is 18.6. The molecule has 0 aliphatic carbocycles. The topological polar surface area (TPSA) is 97.6 Å². The van der Waals surface area contributed by atoms with Crippen LogP contribution in [0.15, 0.2) is 36.7 Å². The molecule has 2 saturated heterocycles. The van der Waals surface area contributed by atoms with Crippen LogP contribution >= 0.6 is 0 Å². The maximum Gasteiger partial charge on any atom is 0.194 e. The Morgan fingerprint density at radius 3 is 2.70 bits per heavy atom. The van der Waals surface area contributed by atoms with Gasteiger partial charge in [-0.1, -0.05) is 6.07 Å². The molecule has 33 heavy (non-hydrogen) atoms. The molecule has 5 heterocycles. The van der Waals surface area contributed by atoms with E-state index < -0.39 is 0 Å². The van der Waals surface area contributed by atoms with Crippen LogP contribution in [0, 0.1) is 0 Å². The normalized spacial score (nSPS) is 24.6. The number of nitrogens with one attached hydrogen (secondary N) is 1. The lowest BCUT2D eigenvalue weighted by molar-refractivity contribution is 0.0178. The minimum absolute atomic E-state index is 0.155. The summed E-state index contributed by atoms with van der Waals surface area (Å²) in [5, 5.41) is 27.7. The van der Waals surface area contributed by atoms with E-state index in [0.717, 1.165) is 61.7 Å². The number of rotatable bonds is 3. The van der Waals surface area contributed by atoms with Crippen molar-refractivity contribution in [2.24, 2.45) is 7.05 Å². The third-order valence-corrected chi connectivity index (χ3v) is 6.79. The van der Waals surface area contributed by atoms with Gasteiger partial charge in [-0.15, -0.1) is 10.2 Å². The van der Waals surface area contributed by atoms with Gasteiger partial charge < -0.3 is 24.8 Å². The van der Waals surface area contributed by atoms with Gasteiger partial charge in [-0.05, 0) is 37.0 Å². The van der Waals surface area contributed by atoms with Crippen molar-refractivity contribution in [1.29, 1.82) is 0 Å². The Kier molecular flexibility index (Phi) is 5.15. The van der Waals surface area contributed by atoms with E-state index in [4.69, 9.17) is 9.47 Å². The Labute approximate surface area is 192 Å². The van der Waals surface area contributed by atoms with E-state index in [2.05, 4.69) is 25.5 Å². The number of phenolic OH excluding ortho intramolecular Hbond substituents is 1. The fraction of sp³-hybridized carbons (Fsp3) is 0.458. The zero-order chi connectivity index (χ0) is 22.4. The maximum absolute atomic E-state index is 10.8. The average molecular weight is 449 g/mol. The molecule has 9 heteroatoms. The number of hydrogen-bond acceptors (Lipinski definition) is 8. The molecular formula is C24H28N6O3. The van der Waals surface area contributed by atoms with Crippen molar-refractivity contribution in [2.75, 3.05) is 31.3 Å². The van der Waals surface area contributed by atoms with Crippen molar-refractivity contribution < 1.29 is 14.6 Å². The van der Waals surface area contributed by atoms with E-state index in [9.17, 15) is 5.11 Å². The van der Waals surface area contributed by atoms with Crippen LogP contribution in [0.5, 0.6) is 11.5 Å². The van der Waals surface area contributed by atoms with Gasteiger partial charge in [0.15, 0.2) is 11.6 Å². The average Bonchev–Trinajstić information content (AvgIpc) is 3.14. The number of anilines is 1. The van der Waals surface area contributed by atoms with Gasteiger partial charge in [-0.25, -0.2) is 0 Å². The van der Waals surface area contributed by atoms with Crippen LogP contribution in [0.4, 0.5) is 5.82 Å². The molecule has 2 unspecified atom stereocenters. The molecule has 0 spiro atoms. The second kappa shape index (κ2) is 8.31. The summed E-state index contributed by atoms with van der Waals surface area (Å²) >= 11 is 0. The van der Waals surface area contributed by atoms with Crippen LogP contribution in [0.25, 0.3) is 22.4 Å². The van der Waals surface area contributed by atoms with Crippen molar-refractivity contribution in [3.63, 3.8) is 0 Å². The summed E-state index contributed by atoms with van der Waals surface area (Å²) < 4.78 is 13.5. The van der Waals surface area contributed by atoms with Gasteiger partial charge >= 0.3 is 0 Å². The first-order valence-corrected chi connectivity index (χ1v) is 11.6. The summed E-state index contributed by atoms with van der Waals surface area (Å²) in [4.78, 5) is 2.37. The molecule has 0 radical (unpaired) electrons. The fourth-order valence-corrected chi connectivity index (χ4v) is 5.24. The Morgan fingerprint density at radius 2 is 1.94 bits per heavy atom. The molecule has 0 saturated carbocycles. The smallest absolute Gasteiger partial charge is 0.194 e. The zero-order valence-electron chi connectivity index (χ0n) is 18.6. The second-order valence-electron chi connectivity index (χ2n) is 9.17. The summed E-state index contributed by atoms with van der Waals surface area (Å²) in [5.41, 5.74) is 3.07. The number of aromatic hydroxyl groups is 1. The Bertz CT molecular complexity index is 1150. The highest BCUT2D eigenvalue weighted by Crippen LogP contribution is 2.38. The number of phenols is 1. The van der Waals surface area contributed by atoms with E-state index in [1.54, 1.807) is 16.9 Å². The van der Waals surface area contributed by atoms with Gasteiger partial charge in [0.2, 0.25) is 0 Å². The molecule has 9 nitrogen and oxygen atoms in total. The quantitative estimate of drug-likeness (QED) is 0.630. The molecule has 2 N–H and O–H groups in total. The number of nitrogens with zero attached hydrogens (tertiary/aromatic N) is 5. The molecule has 3 aliphatic heterocycles. The molecule has 2 bridgehead atoms. The number of aromatic nitrogens is 4.